The molecule has 6 nitrogen and oxygen atoms in total. The van der Waals surface area contributed by atoms with Crippen LogP contribution in [-0.2, 0) is 10.0 Å². The minimum atomic E-state index is -3.57. The largest absolute Gasteiger partial charge is 0.494 e. The van der Waals surface area contributed by atoms with E-state index in [2.05, 4.69) is 10.0 Å². The SMILES string of the molecule is CCOc1ccc(NC(=O)c2ccc(S(=O)(=O)NC(C)C)cc2)cc1. The Labute approximate surface area is 148 Å². The van der Waals surface area contributed by atoms with Gasteiger partial charge in [-0.2, -0.15) is 0 Å². The van der Waals surface area contributed by atoms with Crippen molar-refractivity contribution < 1.29 is 17.9 Å². The maximum atomic E-state index is 12.3. The highest BCUT2D eigenvalue weighted by atomic mass is 32.2. The summed E-state index contributed by atoms with van der Waals surface area (Å²) in [5.74, 6) is 0.414. The minimum Gasteiger partial charge on any atom is -0.494 e. The van der Waals surface area contributed by atoms with Crippen LogP contribution in [0.2, 0.25) is 0 Å². The van der Waals surface area contributed by atoms with Gasteiger partial charge in [0, 0.05) is 17.3 Å². The molecule has 2 N–H and O–H groups in total. The van der Waals surface area contributed by atoms with Crippen molar-refractivity contribution in [3.8, 4) is 5.75 Å². The van der Waals surface area contributed by atoms with Crippen molar-refractivity contribution in [1.82, 2.24) is 4.72 Å². The van der Waals surface area contributed by atoms with E-state index >= 15 is 0 Å². The van der Waals surface area contributed by atoms with E-state index in [0.717, 1.165) is 5.75 Å². The lowest BCUT2D eigenvalue weighted by Gasteiger charge is -2.10. The molecule has 0 bridgehead atoms. The highest BCUT2D eigenvalue weighted by molar-refractivity contribution is 7.89. The normalized spacial score (nSPS) is 11.4. The minimum absolute atomic E-state index is 0.124. The molecule has 0 aliphatic heterocycles. The van der Waals surface area contributed by atoms with Crippen LogP contribution in [0.15, 0.2) is 53.4 Å². The Hall–Kier alpha value is -2.38. The van der Waals surface area contributed by atoms with Crippen LogP contribution in [-0.4, -0.2) is 27.0 Å². The Morgan fingerprint density at radius 1 is 1.04 bits per heavy atom. The molecular formula is C18H22N2O4S. The molecule has 134 valence electrons. The van der Waals surface area contributed by atoms with Gasteiger partial charge in [-0.05, 0) is 69.3 Å². The van der Waals surface area contributed by atoms with Crippen LogP contribution in [0.5, 0.6) is 5.75 Å². The van der Waals surface area contributed by atoms with E-state index in [4.69, 9.17) is 4.74 Å². The standard InChI is InChI=1S/C18H22N2O4S/c1-4-24-16-9-7-15(8-10-16)19-18(21)14-5-11-17(12-6-14)25(22,23)20-13(2)3/h5-13,20H,4H2,1-3H3,(H,19,21). The first-order valence-electron chi connectivity index (χ1n) is 7.98. The average Bonchev–Trinajstić information content (AvgIpc) is 2.56. The van der Waals surface area contributed by atoms with Crippen molar-refractivity contribution in [2.45, 2.75) is 31.7 Å². The fourth-order valence-corrected chi connectivity index (χ4v) is 3.42. The Kier molecular flexibility index (Phi) is 6.17. The first kappa shape index (κ1) is 19.0. The third-order valence-electron chi connectivity index (χ3n) is 3.24. The summed E-state index contributed by atoms with van der Waals surface area (Å²) in [6.45, 7) is 5.97. The van der Waals surface area contributed by atoms with Gasteiger partial charge in [0.05, 0.1) is 11.5 Å². The van der Waals surface area contributed by atoms with Crippen molar-refractivity contribution in [2.24, 2.45) is 0 Å². The lowest BCUT2D eigenvalue weighted by molar-refractivity contribution is 0.102. The molecule has 0 atom stereocenters. The molecule has 0 saturated heterocycles. The zero-order chi connectivity index (χ0) is 18.4. The van der Waals surface area contributed by atoms with Crippen LogP contribution in [0.1, 0.15) is 31.1 Å². The topological polar surface area (TPSA) is 84.5 Å². The maximum absolute atomic E-state index is 12.3. The number of anilines is 1. The molecule has 0 heterocycles. The number of benzene rings is 2. The predicted molar refractivity (Wildman–Crippen MR) is 97.5 cm³/mol. The number of amides is 1. The Morgan fingerprint density at radius 2 is 1.64 bits per heavy atom. The van der Waals surface area contributed by atoms with Crippen molar-refractivity contribution in [2.75, 3.05) is 11.9 Å². The number of carbonyl (C=O) groups excluding carboxylic acids is 1. The summed E-state index contributed by atoms with van der Waals surface area (Å²) in [5.41, 5.74) is 1.00. The highest BCUT2D eigenvalue weighted by Crippen LogP contribution is 2.17. The van der Waals surface area contributed by atoms with E-state index < -0.39 is 10.0 Å². The van der Waals surface area contributed by atoms with Gasteiger partial charge < -0.3 is 10.1 Å². The predicted octanol–water partition coefficient (Wildman–Crippen LogP) is 3.02. The molecular weight excluding hydrogens is 340 g/mol. The van der Waals surface area contributed by atoms with Crippen LogP contribution < -0.4 is 14.8 Å². The van der Waals surface area contributed by atoms with Gasteiger partial charge in [-0.3, -0.25) is 4.79 Å². The second-order valence-electron chi connectivity index (χ2n) is 5.71. The summed E-state index contributed by atoms with van der Waals surface area (Å²) in [5, 5.41) is 2.76. The second kappa shape index (κ2) is 8.13. The molecule has 0 saturated carbocycles. The molecule has 1 amide bonds. The molecule has 0 radical (unpaired) electrons. The fourth-order valence-electron chi connectivity index (χ4n) is 2.17. The van der Waals surface area contributed by atoms with Gasteiger partial charge in [0.2, 0.25) is 10.0 Å². The molecule has 25 heavy (non-hydrogen) atoms. The molecule has 0 spiro atoms. The number of hydrogen-bond acceptors (Lipinski definition) is 4. The van der Waals surface area contributed by atoms with Gasteiger partial charge in [-0.15, -0.1) is 0 Å². The van der Waals surface area contributed by atoms with Crippen molar-refractivity contribution in [3.63, 3.8) is 0 Å². The lowest BCUT2D eigenvalue weighted by atomic mass is 10.2. The number of ether oxygens (including phenoxy) is 1. The van der Waals surface area contributed by atoms with Gasteiger partial charge in [-0.1, -0.05) is 0 Å². The Morgan fingerprint density at radius 3 is 2.16 bits per heavy atom. The third kappa shape index (κ3) is 5.30. The van der Waals surface area contributed by atoms with Crippen molar-refractivity contribution in [3.05, 3.63) is 54.1 Å². The van der Waals surface area contributed by atoms with Gasteiger partial charge in [0.15, 0.2) is 0 Å². The third-order valence-corrected chi connectivity index (χ3v) is 4.92. The van der Waals surface area contributed by atoms with E-state index in [9.17, 15) is 13.2 Å². The van der Waals surface area contributed by atoms with Crippen LogP contribution >= 0.6 is 0 Å². The first-order chi connectivity index (χ1) is 11.8. The van der Waals surface area contributed by atoms with E-state index in [1.54, 1.807) is 38.1 Å². The quantitative estimate of drug-likeness (QED) is 0.793. The molecule has 2 aromatic rings. The summed E-state index contributed by atoms with van der Waals surface area (Å²) in [7, 11) is -3.57. The monoisotopic (exact) mass is 362 g/mol. The second-order valence-corrected chi connectivity index (χ2v) is 7.43. The first-order valence-corrected chi connectivity index (χ1v) is 9.46. The molecule has 7 heteroatoms. The number of sulfonamides is 1. The average molecular weight is 362 g/mol. The van der Waals surface area contributed by atoms with Gasteiger partial charge in [-0.25, -0.2) is 13.1 Å². The molecule has 0 fully saturated rings. The van der Waals surface area contributed by atoms with E-state index in [-0.39, 0.29) is 16.8 Å². The summed E-state index contributed by atoms with van der Waals surface area (Å²) >= 11 is 0. The van der Waals surface area contributed by atoms with Crippen LogP contribution in [0.4, 0.5) is 5.69 Å². The number of nitrogens with one attached hydrogen (secondary N) is 2. The Balaban J connectivity index is 2.07. The zero-order valence-corrected chi connectivity index (χ0v) is 15.3. The summed E-state index contributed by atoms with van der Waals surface area (Å²) in [6.07, 6.45) is 0. The fraction of sp³-hybridized carbons (Fsp3) is 0.278. The molecule has 0 aromatic heterocycles. The van der Waals surface area contributed by atoms with Crippen molar-refractivity contribution in [1.29, 1.82) is 0 Å². The summed E-state index contributed by atoms with van der Waals surface area (Å²) in [4.78, 5) is 12.4. The molecule has 2 aromatic carbocycles. The highest BCUT2D eigenvalue weighted by Gasteiger charge is 2.16. The smallest absolute Gasteiger partial charge is 0.255 e. The maximum Gasteiger partial charge on any atom is 0.255 e. The lowest BCUT2D eigenvalue weighted by Crippen LogP contribution is -2.30. The summed E-state index contributed by atoms with van der Waals surface area (Å²) < 4.78 is 32.0. The van der Waals surface area contributed by atoms with Gasteiger partial charge in [0.25, 0.3) is 5.91 Å². The zero-order valence-electron chi connectivity index (χ0n) is 14.4. The Bertz CT molecular complexity index is 813. The molecule has 2 rings (SSSR count). The number of hydrogen-bond donors (Lipinski definition) is 2. The molecule has 0 aliphatic carbocycles. The van der Waals surface area contributed by atoms with Crippen LogP contribution in [0.3, 0.4) is 0 Å². The van der Waals surface area contributed by atoms with Gasteiger partial charge >= 0.3 is 0 Å². The van der Waals surface area contributed by atoms with E-state index in [0.29, 0.717) is 17.9 Å². The number of carbonyl (C=O) groups is 1. The van der Waals surface area contributed by atoms with Crippen molar-refractivity contribution >= 4 is 21.6 Å². The molecule has 0 unspecified atom stereocenters. The van der Waals surface area contributed by atoms with E-state index in [1.807, 2.05) is 6.92 Å². The summed E-state index contributed by atoms with van der Waals surface area (Å²) in [6, 6.07) is 12.6. The van der Waals surface area contributed by atoms with Crippen LogP contribution in [0, 0.1) is 0 Å². The van der Waals surface area contributed by atoms with E-state index in [1.165, 1.54) is 24.3 Å². The number of rotatable bonds is 7. The van der Waals surface area contributed by atoms with Crippen LogP contribution in [0.25, 0.3) is 0 Å². The van der Waals surface area contributed by atoms with Gasteiger partial charge in [0.1, 0.15) is 5.75 Å². The molecule has 0 aliphatic rings.